The summed E-state index contributed by atoms with van der Waals surface area (Å²) in [4.78, 5) is 29.8. The first-order chi connectivity index (χ1) is 15.7. The maximum Gasteiger partial charge on any atom is 0.255 e. The number of hydrogen-bond donors (Lipinski definition) is 1. The Morgan fingerprint density at radius 2 is 2.12 bits per heavy atom. The molecule has 1 N–H and O–H groups in total. The number of rotatable bonds is 4. The first kappa shape index (κ1) is 19.2. The molecule has 6 rings (SSSR count). The van der Waals surface area contributed by atoms with Crippen molar-refractivity contribution in [3.05, 3.63) is 76.0 Å². The standard InChI is InChI=1S/C24H22N6OS/c1-15-12-17(18-13-25-30(23(18)26-15)14-16-6-5-11-32-16)24(31)29-10-4-9-21(29)22-27-19-7-2-3-8-20(19)28-22/h2-3,5-8,11-13,21H,4,9-10,14H2,1H3,(H,27,28). The number of fused-ring (bicyclic) bond motifs is 2. The molecule has 0 radical (unpaired) electrons. The molecule has 1 amide bonds. The number of aromatic amines is 1. The summed E-state index contributed by atoms with van der Waals surface area (Å²) in [7, 11) is 0. The number of amides is 1. The molecule has 0 aliphatic carbocycles. The van der Waals surface area contributed by atoms with Crippen LogP contribution in [-0.2, 0) is 6.54 Å². The molecule has 1 saturated heterocycles. The molecule has 5 heterocycles. The third-order valence-electron chi connectivity index (χ3n) is 6.09. The summed E-state index contributed by atoms with van der Waals surface area (Å²) in [6.45, 7) is 3.29. The summed E-state index contributed by atoms with van der Waals surface area (Å²) in [6.07, 6.45) is 3.63. The number of nitrogens with one attached hydrogen (secondary N) is 1. The molecule has 0 bridgehead atoms. The number of aromatic nitrogens is 5. The van der Waals surface area contributed by atoms with Crippen LogP contribution in [0, 0.1) is 6.92 Å². The second kappa shape index (κ2) is 7.56. The zero-order valence-corrected chi connectivity index (χ0v) is 18.5. The van der Waals surface area contributed by atoms with E-state index in [-0.39, 0.29) is 11.9 Å². The monoisotopic (exact) mass is 442 g/mol. The Kier molecular flexibility index (Phi) is 4.53. The van der Waals surface area contributed by atoms with Gasteiger partial charge in [-0.15, -0.1) is 11.3 Å². The lowest BCUT2D eigenvalue weighted by molar-refractivity contribution is 0.0732. The molecule has 1 unspecified atom stereocenters. The number of benzene rings is 1. The molecule has 1 fully saturated rings. The third-order valence-corrected chi connectivity index (χ3v) is 6.95. The number of pyridine rings is 1. The van der Waals surface area contributed by atoms with Crippen molar-refractivity contribution in [3.8, 4) is 0 Å². The van der Waals surface area contributed by atoms with Crippen molar-refractivity contribution < 1.29 is 4.79 Å². The van der Waals surface area contributed by atoms with Gasteiger partial charge >= 0.3 is 0 Å². The average Bonchev–Trinajstić information content (AvgIpc) is 3.59. The lowest BCUT2D eigenvalue weighted by Gasteiger charge is -2.23. The van der Waals surface area contributed by atoms with Crippen LogP contribution < -0.4 is 0 Å². The van der Waals surface area contributed by atoms with Crippen molar-refractivity contribution in [2.75, 3.05) is 6.54 Å². The second-order valence-corrected chi connectivity index (χ2v) is 9.26. The molecule has 1 aromatic carbocycles. The van der Waals surface area contributed by atoms with Crippen LogP contribution >= 0.6 is 11.3 Å². The zero-order chi connectivity index (χ0) is 21.7. The van der Waals surface area contributed by atoms with Crippen molar-refractivity contribution in [1.82, 2.24) is 29.6 Å². The summed E-state index contributed by atoms with van der Waals surface area (Å²) in [5.41, 5.74) is 4.15. The highest BCUT2D eigenvalue weighted by atomic mass is 32.1. The van der Waals surface area contributed by atoms with Gasteiger partial charge in [-0.25, -0.2) is 14.6 Å². The van der Waals surface area contributed by atoms with Gasteiger partial charge in [0.25, 0.3) is 5.91 Å². The van der Waals surface area contributed by atoms with Crippen LogP contribution in [-0.4, -0.2) is 42.1 Å². The quantitative estimate of drug-likeness (QED) is 0.437. The first-order valence-electron chi connectivity index (χ1n) is 10.8. The number of aryl methyl sites for hydroxylation is 1. The summed E-state index contributed by atoms with van der Waals surface area (Å²) >= 11 is 1.69. The Balaban J connectivity index is 1.37. The van der Waals surface area contributed by atoms with Crippen molar-refractivity contribution in [3.63, 3.8) is 0 Å². The first-order valence-corrected chi connectivity index (χ1v) is 11.7. The number of H-pyrrole nitrogens is 1. The SMILES string of the molecule is Cc1cc(C(=O)N2CCCC2c2nc3ccccc3[nH]2)c2cnn(Cc3cccs3)c2n1. The fourth-order valence-corrected chi connectivity index (χ4v) is 5.28. The Hall–Kier alpha value is -3.52. The van der Waals surface area contributed by atoms with Gasteiger partial charge in [0, 0.05) is 17.1 Å². The van der Waals surface area contributed by atoms with Crippen LogP contribution in [0.1, 0.15) is 45.6 Å². The largest absolute Gasteiger partial charge is 0.340 e. The Labute approximate surface area is 188 Å². The summed E-state index contributed by atoms with van der Waals surface area (Å²) in [6, 6.07) is 13.9. The molecule has 0 spiro atoms. The number of hydrogen-bond acceptors (Lipinski definition) is 5. The molecule has 1 atom stereocenters. The third kappa shape index (κ3) is 3.18. The van der Waals surface area contributed by atoms with E-state index in [1.807, 2.05) is 52.9 Å². The van der Waals surface area contributed by atoms with Gasteiger partial charge in [-0.2, -0.15) is 5.10 Å². The Morgan fingerprint density at radius 1 is 1.22 bits per heavy atom. The minimum Gasteiger partial charge on any atom is -0.340 e. The highest BCUT2D eigenvalue weighted by Crippen LogP contribution is 2.34. The van der Waals surface area contributed by atoms with Crippen LogP contribution in [0.15, 0.2) is 54.0 Å². The van der Waals surface area contributed by atoms with Crippen molar-refractivity contribution in [2.45, 2.75) is 32.4 Å². The highest BCUT2D eigenvalue weighted by molar-refractivity contribution is 7.09. The lowest BCUT2D eigenvalue weighted by atomic mass is 10.1. The van der Waals surface area contributed by atoms with E-state index in [0.717, 1.165) is 46.4 Å². The molecular weight excluding hydrogens is 420 g/mol. The van der Waals surface area contributed by atoms with E-state index in [0.29, 0.717) is 18.7 Å². The number of carbonyl (C=O) groups excluding carboxylic acids is 1. The van der Waals surface area contributed by atoms with Gasteiger partial charge in [0.15, 0.2) is 5.65 Å². The predicted octanol–water partition coefficient (Wildman–Crippen LogP) is 4.70. The number of likely N-dealkylation sites (tertiary alicyclic amines) is 1. The van der Waals surface area contributed by atoms with Gasteiger partial charge in [-0.05, 0) is 49.4 Å². The number of nitrogens with zero attached hydrogens (tertiary/aromatic N) is 5. The fourth-order valence-electron chi connectivity index (χ4n) is 4.59. The van der Waals surface area contributed by atoms with E-state index in [1.54, 1.807) is 17.5 Å². The van der Waals surface area contributed by atoms with E-state index < -0.39 is 0 Å². The van der Waals surface area contributed by atoms with E-state index in [2.05, 4.69) is 21.5 Å². The van der Waals surface area contributed by atoms with Gasteiger partial charge < -0.3 is 9.88 Å². The molecule has 7 nitrogen and oxygen atoms in total. The van der Waals surface area contributed by atoms with Crippen LogP contribution in [0.5, 0.6) is 0 Å². The van der Waals surface area contributed by atoms with Crippen molar-refractivity contribution in [2.24, 2.45) is 0 Å². The minimum atomic E-state index is -0.0559. The average molecular weight is 443 g/mol. The van der Waals surface area contributed by atoms with E-state index in [1.165, 1.54) is 4.88 Å². The van der Waals surface area contributed by atoms with Gasteiger partial charge in [0.05, 0.1) is 40.8 Å². The molecule has 1 aliphatic heterocycles. The van der Waals surface area contributed by atoms with Crippen molar-refractivity contribution in [1.29, 1.82) is 0 Å². The lowest BCUT2D eigenvalue weighted by Crippen LogP contribution is -2.31. The molecule has 4 aromatic heterocycles. The molecule has 0 saturated carbocycles. The van der Waals surface area contributed by atoms with Gasteiger partial charge in [-0.1, -0.05) is 18.2 Å². The predicted molar refractivity (Wildman–Crippen MR) is 125 cm³/mol. The maximum atomic E-state index is 13.8. The van der Waals surface area contributed by atoms with Gasteiger partial charge in [0.1, 0.15) is 5.82 Å². The Bertz CT molecular complexity index is 1400. The summed E-state index contributed by atoms with van der Waals surface area (Å²) < 4.78 is 1.88. The van der Waals surface area contributed by atoms with Crippen molar-refractivity contribution >= 4 is 39.3 Å². The van der Waals surface area contributed by atoms with Crippen LogP contribution in [0.3, 0.4) is 0 Å². The van der Waals surface area contributed by atoms with Gasteiger partial charge in [-0.3, -0.25) is 4.79 Å². The minimum absolute atomic E-state index is 0.0131. The molecule has 1 aliphatic rings. The van der Waals surface area contributed by atoms with E-state index >= 15 is 0 Å². The smallest absolute Gasteiger partial charge is 0.255 e. The maximum absolute atomic E-state index is 13.8. The summed E-state index contributed by atoms with van der Waals surface area (Å²) in [5, 5.41) is 7.41. The number of imidazole rings is 1. The van der Waals surface area contributed by atoms with E-state index in [9.17, 15) is 4.79 Å². The zero-order valence-electron chi connectivity index (χ0n) is 17.7. The summed E-state index contributed by atoms with van der Waals surface area (Å²) in [5.74, 6) is 0.867. The molecular formula is C24H22N6OS. The second-order valence-electron chi connectivity index (χ2n) is 8.23. The highest BCUT2D eigenvalue weighted by Gasteiger charge is 2.34. The topological polar surface area (TPSA) is 79.7 Å². The molecule has 32 heavy (non-hydrogen) atoms. The number of thiophene rings is 1. The van der Waals surface area contributed by atoms with Crippen LogP contribution in [0.2, 0.25) is 0 Å². The number of para-hydroxylation sites is 2. The molecule has 5 aromatic rings. The normalized spacial score (nSPS) is 16.4. The Morgan fingerprint density at radius 3 is 2.97 bits per heavy atom. The van der Waals surface area contributed by atoms with E-state index in [4.69, 9.17) is 9.97 Å². The van der Waals surface area contributed by atoms with Crippen LogP contribution in [0.4, 0.5) is 0 Å². The number of carbonyl (C=O) groups is 1. The molecule has 8 heteroatoms. The molecule has 160 valence electrons. The van der Waals surface area contributed by atoms with Gasteiger partial charge in [0.2, 0.25) is 0 Å². The fraction of sp³-hybridized carbons (Fsp3) is 0.250. The van der Waals surface area contributed by atoms with Crippen LogP contribution in [0.25, 0.3) is 22.1 Å².